The summed E-state index contributed by atoms with van der Waals surface area (Å²) in [4.78, 5) is 3.38. The van der Waals surface area contributed by atoms with Gasteiger partial charge in [-0.3, -0.25) is 0 Å². The molecule has 1 heteroatoms. The van der Waals surface area contributed by atoms with Gasteiger partial charge in [-0.25, -0.2) is 4.85 Å². The predicted molar refractivity (Wildman–Crippen MR) is 53.5 cm³/mol. The van der Waals surface area contributed by atoms with Crippen LogP contribution in [-0.2, 0) is 0 Å². The zero-order chi connectivity index (χ0) is 9.56. The normalized spacial score (nSPS) is 7.92. The van der Waals surface area contributed by atoms with Crippen molar-refractivity contribution in [3.63, 3.8) is 0 Å². The van der Waals surface area contributed by atoms with E-state index in [4.69, 9.17) is 6.57 Å². The fourth-order valence-corrected chi connectivity index (χ4v) is 0.857. The average Bonchev–Trinajstić information content (AvgIpc) is 2.13. The second-order valence-corrected chi connectivity index (χ2v) is 2.33. The molecule has 0 saturated heterocycles. The Hall–Kier alpha value is -1.29. The molecule has 1 aromatic carbocycles. The van der Waals surface area contributed by atoms with E-state index in [2.05, 4.69) is 4.85 Å². The summed E-state index contributed by atoms with van der Waals surface area (Å²) in [5.74, 6) is 0. The van der Waals surface area contributed by atoms with Crippen molar-refractivity contribution in [1.82, 2.24) is 0 Å². The third-order valence-electron chi connectivity index (χ3n) is 1.70. The fraction of sp³-hybridized carbons (Fsp3) is 0.364. The van der Waals surface area contributed by atoms with E-state index in [0.29, 0.717) is 0 Å². The van der Waals surface area contributed by atoms with E-state index in [0.717, 1.165) is 11.3 Å². The van der Waals surface area contributed by atoms with Crippen LogP contribution in [0.4, 0.5) is 5.69 Å². The van der Waals surface area contributed by atoms with Crippen LogP contribution >= 0.6 is 0 Å². The van der Waals surface area contributed by atoms with Crippen LogP contribution < -0.4 is 0 Å². The first-order valence-corrected chi connectivity index (χ1v) is 4.19. The van der Waals surface area contributed by atoms with Crippen LogP contribution in [0, 0.1) is 20.4 Å². The minimum Gasteiger partial charge on any atom is -0.238 e. The van der Waals surface area contributed by atoms with E-state index in [-0.39, 0.29) is 0 Å². The number of nitrogens with zero attached hydrogens (tertiary/aromatic N) is 1. The zero-order valence-electron chi connectivity index (χ0n) is 8.18. The molecule has 0 saturated carbocycles. The first-order chi connectivity index (χ1) is 5.75. The van der Waals surface area contributed by atoms with Gasteiger partial charge in [-0.05, 0) is 19.4 Å². The van der Waals surface area contributed by atoms with Crippen LogP contribution in [0.5, 0.6) is 0 Å². The van der Waals surface area contributed by atoms with Gasteiger partial charge in [0.15, 0.2) is 5.69 Å². The SMILES string of the molecule is CC.[C-]#[N+]c1cccc(C)c1C. The van der Waals surface area contributed by atoms with Crippen LogP contribution in [0.15, 0.2) is 18.2 Å². The van der Waals surface area contributed by atoms with Gasteiger partial charge in [0.05, 0.1) is 6.57 Å². The molecule has 0 radical (unpaired) electrons. The van der Waals surface area contributed by atoms with E-state index >= 15 is 0 Å². The molecule has 12 heavy (non-hydrogen) atoms. The van der Waals surface area contributed by atoms with Crippen LogP contribution in [-0.4, -0.2) is 0 Å². The predicted octanol–water partition coefficient (Wildman–Crippen LogP) is 3.88. The Kier molecular flexibility index (Phi) is 4.79. The van der Waals surface area contributed by atoms with Crippen molar-refractivity contribution in [3.05, 3.63) is 40.7 Å². The molecule has 0 amide bonds. The van der Waals surface area contributed by atoms with Gasteiger partial charge in [-0.2, -0.15) is 0 Å². The molecule has 1 nitrogen and oxygen atoms in total. The molecule has 0 unspecified atom stereocenters. The fourth-order valence-electron chi connectivity index (χ4n) is 0.857. The largest absolute Gasteiger partial charge is 0.238 e. The van der Waals surface area contributed by atoms with Gasteiger partial charge in [-0.1, -0.05) is 37.6 Å². The molecule has 1 rings (SSSR count). The van der Waals surface area contributed by atoms with Gasteiger partial charge in [0, 0.05) is 0 Å². The van der Waals surface area contributed by atoms with Crippen LogP contribution in [0.3, 0.4) is 0 Å². The smallest absolute Gasteiger partial charge is 0.190 e. The summed E-state index contributed by atoms with van der Waals surface area (Å²) < 4.78 is 0. The molecule has 0 N–H and O–H groups in total. The van der Waals surface area contributed by atoms with E-state index < -0.39 is 0 Å². The van der Waals surface area contributed by atoms with Gasteiger partial charge in [0.25, 0.3) is 0 Å². The number of aryl methyl sites for hydroxylation is 1. The summed E-state index contributed by atoms with van der Waals surface area (Å²) in [6.07, 6.45) is 0. The molecule has 0 bridgehead atoms. The molecular weight excluding hydrogens is 146 g/mol. The molecule has 64 valence electrons. The third kappa shape index (κ3) is 2.39. The summed E-state index contributed by atoms with van der Waals surface area (Å²) in [5.41, 5.74) is 3.05. The molecular formula is C11H15N. The average molecular weight is 161 g/mol. The van der Waals surface area contributed by atoms with Gasteiger partial charge in [0.2, 0.25) is 0 Å². The van der Waals surface area contributed by atoms with Crippen LogP contribution in [0.2, 0.25) is 0 Å². The molecule has 0 fully saturated rings. The molecule has 0 spiro atoms. The standard InChI is InChI=1S/C9H9N.C2H6/c1-7-5-4-6-9(10-3)8(7)2;1-2/h4-6H,1-2H3;1-2H3. The highest BCUT2D eigenvalue weighted by molar-refractivity contribution is 5.54. The Bertz CT molecular complexity index is 282. The lowest BCUT2D eigenvalue weighted by atomic mass is 10.1. The quantitative estimate of drug-likeness (QED) is 0.508. The second kappa shape index (κ2) is 5.37. The van der Waals surface area contributed by atoms with Crippen molar-refractivity contribution in [1.29, 1.82) is 0 Å². The van der Waals surface area contributed by atoms with Crippen molar-refractivity contribution in [2.24, 2.45) is 0 Å². The Morgan fingerprint density at radius 3 is 2.17 bits per heavy atom. The second-order valence-electron chi connectivity index (χ2n) is 2.33. The summed E-state index contributed by atoms with van der Waals surface area (Å²) in [5, 5.41) is 0. The molecule has 0 aliphatic carbocycles. The molecule has 1 aromatic rings. The Labute approximate surface area is 74.9 Å². The molecule has 0 atom stereocenters. The van der Waals surface area contributed by atoms with Crippen molar-refractivity contribution in [2.75, 3.05) is 0 Å². The Morgan fingerprint density at radius 2 is 1.75 bits per heavy atom. The van der Waals surface area contributed by atoms with E-state index in [9.17, 15) is 0 Å². The lowest BCUT2D eigenvalue weighted by Crippen LogP contribution is -1.77. The lowest BCUT2D eigenvalue weighted by Gasteiger charge is -1.98. The number of hydrogen-bond acceptors (Lipinski definition) is 0. The van der Waals surface area contributed by atoms with Gasteiger partial charge >= 0.3 is 0 Å². The summed E-state index contributed by atoms with van der Waals surface area (Å²) >= 11 is 0. The molecule has 0 aliphatic rings. The summed E-state index contributed by atoms with van der Waals surface area (Å²) in [6, 6.07) is 5.77. The van der Waals surface area contributed by atoms with Gasteiger partial charge in [0.1, 0.15) is 0 Å². The maximum absolute atomic E-state index is 6.81. The first kappa shape index (κ1) is 10.7. The maximum atomic E-state index is 6.81. The topological polar surface area (TPSA) is 4.36 Å². The third-order valence-corrected chi connectivity index (χ3v) is 1.70. The van der Waals surface area contributed by atoms with Crippen molar-refractivity contribution in [3.8, 4) is 0 Å². The minimum absolute atomic E-state index is 0.764. The first-order valence-electron chi connectivity index (χ1n) is 4.19. The van der Waals surface area contributed by atoms with Crippen LogP contribution in [0.25, 0.3) is 4.85 Å². The highest BCUT2D eigenvalue weighted by atomic mass is 14.6. The van der Waals surface area contributed by atoms with Crippen LogP contribution in [0.1, 0.15) is 25.0 Å². The monoisotopic (exact) mass is 161 g/mol. The van der Waals surface area contributed by atoms with Crippen molar-refractivity contribution in [2.45, 2.75) is 27.7 Å². The Morgan fingerprint density at radius 1 is 1.17 bits per heavy atom. The minimum atomic E-state index is 0.764. The van der Waals surface area contributed by atoms with Gasteiger partial charge in [-0.15, -0.1) is 0 Å². The summed E-state index contributed by atoms with van der Waals surface area (Å²) in [7, 11) is 0. The summed E-state index contributed by atoms with van der Waals surface area (Å²) in [6.45, 7) is 14.8. The highest BCUT2D eigenvalue weighted by Crippen LogP contribution is 2.20. The highest BCUT2D eigenvalue weighted by Gasteiger charge is 1.96. The number of hydrogen-bond donors (Lipinski definition) is 0. The van der Waals surface area contributed by atoms with E-state index in [1.807, 2.05) is 45.9 Å². The van der Waals surface area contributed by atoms with Crippen molar-refractivity contribution < 1.29 is 0 Å². The molecule has 0 aromatic heterocycles. The maximum Gasteiger partial charge on any atom is 0.190 e. The zero-order valence-corrected chi connectivity index (χ0v) is 8.18. The molecule has 0 aliphatic heterocycles. The Balaban J connectivity index is 0.000000561. The van der Waals surface area contributed by atoms with E-state index in [1.54, 1.807) is 0 Å². The van der Waals surface area contributed by atoms with E-state index in [1.165, 1.54) is 5.56 Å². The van der Waals surface area contributed by atoms with Crippen molar-refractivity contribution >= 4 is 5.69 Å². The number of benzene rings is 1. The molecule has 0 heterocycles. The number of rotatable bonds is 0. The lowest BCUT2D eigenvalue weighted by molar-refractivity contribution is 1.35. The van der Waals surface area contributed by atoms with Gasteiger partial charge < -0.3 is 0 Å².